The number of carbonyl (C=O) groups is 3. The largest absolute Gasteiger partial charge is 0.737 e. The highest BCUT2D eigenvalue weighted by Gasteiger charge is 2.54. The highest BCUT2D eigenvalue weighted by molar-refractivity contribution is 7.94. The number of amides is 3. The zero-order valence-corrected chi connectivity index (χ0v) is 37.2. The van der Waals surface area contributed by atoms with Gasteiger partial charge in [0, 0.05) is 92.1 Å². The van der Waals surface area contributed by atoms with Crippen molar-refractivity contribution in [3.8, 4) is 5.75 Å². The summed E-state index contributed by atoms with van der Waals surface area (Å²) in [4.78, 5) is 44.2. The van der Waals surface area contributed by atoms with Crippen LogP contribution in [-0.4, -0.2) is 145 Å². The first kappa shape index (κ1) is 48.1. The fourth-order valence-corrected chi connectivity index (χ4v) is 8.38. The Bertz CT molecular complexity index is 1920. The lowest BCUT2D eigenvalue weighted by molar-refractivity contribution is -0.870. The number of nitrogens with zero attached hydrogens (tertiary/aromatic N) is 5. The van der Waals surface area contributed by atoms with Gasteiger partial charge in [0.15, 0.2) is 11.4 Å². The predicted molar refractivity (Wildman–Crippen MR) is 231 cm³/mol. The van der Waals surface area contributed by atoms with Crippen molar-refractivity contribution in [3.63, 3.8) is 0 Å². The topological polar surface area (TPSA) is 147 Å². The molecule has 0 saturated carbocycles. The summed E-state index contributed by atoms with van der Waals surface area (Å²) in [5.74, 6) is 0.0473. The molecule has 5 rings (SSSR count). The second-order valence-electron chi connectivity index (χ2n) is 17.0. The van der Waals surface area contributed by atoms with Crippen molar-refractivity contribution in [2.24, 2.45) is 0 Å². The van der Waals surface area contributed by atoms with Crippen LogP contribution in [0.1, 0.15) is 80.3 Å². The summed E-state index contributed by atoms with van der Waals surface area (Å²) >= 11 is 0.835. The van der Waals surface area contributed by atoms with Crippen LogP contribution in [0.15, 0.2) is 47.7 Å². The first-order valence-corrected chi connectivity index (χ1v) is 22.1. The van der Waals surface area contributed by atoms with E-state index >= 15 is 8.63 Å². The highest BCUT2D eigenvalue weighted by Crippen LogP contribution is 2.39. The number of hydroxylamine groups is 2. The monoisotopic (exact) mass is 874 g/mol. The summed E-state index contributed by atoms with van der Waals surface area (Å²) in [7, 11) is 9.97. The number of hydrogen-bond donors (Lipinski definition) is 3. The van der Waals surface area contributed by atoms with Crippen LogP contribution in [0, 0.1) is 6.92 Å². The molecular formula is C42H63BF2N7O8S+. The number of fused-ring (bicyclic) bond motifs is 2. The van der Waals surface area contributed by atoms with Gasteiger partial charge in [-0.15, -0.1) is 4.33 Å². The van der Waals surface area contributed by atoms with Crippen molar-refractivity contribution in [3.05, 3.63) is 70.2 Å². The van der Waals surface area contributed by atoms with Gasteiger partial charge in [-0.3, -0.25) is 19.2 Å². The van der Waals surface area contributed by atoms with Crippen LogP contribution >= 0.6 is 12.0 Å². The van der Waals surface area contributed by atoms with Gasteiger partial charge in [0.1, 0.15) is 5.75 Å². The molecule has 1 atom stereocenters. The summed E-state index contributed by atoms with van der Waals surface area (Å²) in [5, 5.41) is 19.7. The van der Waals surface area contributed by atoms with Crippen LogP contribution in [0.25, 0.3) is 6.08 Å². The second kappa shape index (κ2) is 22.4. The van der Waals surface area contributed by atoms with E-state index in [2.05, 4.69) is 46.0 Å². The zero-order valence-electron chi connectivity index (χ0n) is 36.4. The molecule has 3 N–H and O–H groups in total. The molecule has 0 bridgehead atoms. The number of ether oxygens (including phenoxy) is 1. The van der Waals surface area contributed by atoms with E-state index in [1.54, 1.807) is 37.4 Å². The molecule has 0 aliphatic carbocycles. The molecule has 1 aromatic heterocycles. The zero-order chi connectivity index (χ0) is 44.2. The molecule has 61 heavy (non-hydrogen) atoms. The quantitative estimate of drug-likeness (QED) is 0.0213. The maximum atomic E-state index is 17.2. The summed E-state index contributed by atoms with van der Waals surface area (Å²) in [6.07, 6.45) is 9.44. The summed E-state index contributed by atoms with van der Waals surface area (Å²) in [5.41, 5.74) is 4.03. The van der Waals surface area contributed by atoms with Gasteiger partial charge in [-0.05, 0) is 87.8 Å². The number of nitrogens with one attached hydrogen (secondary N) is 2. The Kier molecular flexibility index (Phi) is 17.7. The first-order chi connectivity index (χ1) is 29.1. The molecule has 15 nitrogen and oxygen atoms in total. The Hall–Kier alpha value is -3.95. The third-order valence-electron chi connectivity index (χ3n) is 11.1. The Labute approximate surface area is 362 Å². The molecule has 0 radical (unpaired) electrons. The van der Waals surface area contributed by atoms with Crippen LogP contribution in [0.5, 0.6) is 5.75 Å². The number of aromatic nitrogens is 1. The lowest BCUT2D eigenvalue weighted by atomic mass is 9.88. The van der Waals surface area contributed by atoms with Crippen LogP contribution in [-0.2, 0) is 35.0 Å². The van der Waals surface area contributed by atoms with E-state index in [1.807, 2.05) is 26.1 Å². The molecule has 3 aliphatic rings. The normalized spacial score (nSPS) is 16.6. The van der Waals surface area contributed by atoms with Crippen LogP contribution in [0.3, 0.4) is 0 Å². The maximum absolute atomic E-state index is 17.2. The molecule has 1 fully saturated rings. The minimum absolute atomic E-state index is 0.0167. The number of methoxy groups -OCH3 is 1. The molecule has 4 heterocycles. The molecule has 2 aromatic rings. The smallest absolute Gasteiger partial charge is 0.497 e. The number of halogens is 2. The van der Waals surface area contributed by atoms with Gasteiger partial charge >= 0.3 is 6.97 Å². The number of quaternary nitrogens is 1. The van der Waals surface area contributed by atoms with Gasteiger partial charge in [-0.2, -0.15) is 5.06 Å². The van der Waals surface area contributed by atoms with E-state index in [-0.39, 0.29) is 49.2 Å². The molecule has 336 valence electrons. The van der Waals surface area contributed by atoms with Gasteiger partial charge < -0.3 is 42.3 Å². The average Bonchev–Trinajstić information content (AvgIpc) is 3.86. The number of aryl methyl sites for hydroxylation is 2. The number of benzene rings is 1. The summed E-state index contributed by atoms with van der Waals surface area (Å²) in [6.45, 7) is 1.44. The lowest BCUT2D eigenvalue weighted by Crippen LogP contribution is -2.51. The third kappa shape index (κ3) is 13.3. The second-order valence-corrected chi connectivity index (χ2v) is 17.7. The predicted octanol–water partition coefficient (Wildman–Crippen LogP) is 4.96. The average molecular weight is 875 g/mol. The molecule has 3 amide bonds. The number of rotatable bonds is 27. The third-order valence-corrected chi connectivity index (χ3v) is 11.8. The Morgan fingerprint density at radius 2 is 1.75 bits per heavy atom. The Balaban J connectivity index is 1.15. The van der Waals surface area contributed by atoms with Gasteiger partial charge in [-0.1, -0.05) is 17.9 Å². The van der Waals surface area contributed by atoms with Crippen molar-refractivity contribution < 1.29 is 56.2 Å². The molecule has 1 unspecified atom stereocenters. The van der Waals surface area contributed by atoms with E-state index in [9.17, 15) is 14.4 Å². The van der Waals surface area contributed by atoms with E-state index in [0.29, 0.717) is 60.2 Å². The van der Waals surface area contributed by atoms with Crippen LogP contribution in [0.2, 0.25) is 0 Å². The number of allylic oxidation sites excluding steroid dienone is 2. The molecule has 3 aliphatic heterocycles. The number of hydrogen-bond acceptors (Lipinski definition) is 11. The van der Waals surface area contributed by atoms with Gasteiger partial charge in [0.25, 0.3) is 11.8 Å². The molecule has 1 saturated heterocycles. The SMILES string of the molecule is COc1ccc(C2=[N+]3C(=Cc4c(C)cc(CCC(=O)NC(CNCCN(C)CCCCCCON5C(=O)CCC5=O)CSOOO)n4[B-]3(F)F)C(CCC[N+](C)(C)C)=C2)cc1. The number of unbranched alkanes of at least 4 members (excludes halogenated alkanes) is 3. The Morgan fingerprint density at radius 3 is 2.44 bits per heavy atom. The minimum atomic E-state index is -4.34. The number of likely N-dealkylation sites (N-methyl/N-ethyl adjacent to an activating group) is 1. The minimum Gasteiger partial charge on any atom is -0.497 e. The van der Waals surface area contributed by atoms with Crippen molar-refractivity contribution >= 4 is 48.5 Å². The number of carbonyl (C=O) groups excluding carboxylic acids is 3. The molecule has 0 spiro atoms. The van der Waals surface area contributed by atoms with Gasteiger partial charge in [0.05, 0.1) is 47.4 Å². The van der Waals surface area contributed by atoms with Crippen LogP contribution < -0.4 is 15.4 Å². The van der Waals surface area contributed by atoms with Gasteiger partial charge in [-0.25, -0.2) is 5.26 Å². The number of imide groups is 1. The van der Waals surface area contributed by atoms with Crippen molar-refractivity contribution in [1.29, 1.82) is 0 Å². The van der Waals surface area contributed by atoms with Gasteiger partial charge in [0.2, 0.25) is 5.91 Å². The van der Waals surface area contributed by atoms with E-state index < -0.39 is 13.0 Å². The fourth-order valence-electron chi connectivity index (χ4n) is 7.92. The maximum Gasteiger partial charge on any atom is 0.737 e. The van der Waals surface area contributed by atoms with Crippen molar-refractivity contribution in [2.45, 2.75) is 77.2 Å². The first-order valence-electron chi connectivity index (χ1n) is 21.2. The van der Waals surface area contributed by atoms with Crippen molar-refractivity contribution in [2.75, 3.05) is 80.4 Å². The van der Waals surface area contributed by atoms with Crippen LogP contribution in [0.4, 0.5) is 8.63 Å². The van der Waals surface area contributed by atoms with Crippen molar-refractivity contribution in [1.82, 2.24) is 25.1 Å². The summed E-state index contributed by atoms with van der Waals surface area (Å²) < 4.78 is 47.4. The molecule has 19 heteroatoms. The van der Waals surface area contributed by atoms with E-state index in [1.165, 1.54) is 4.49 Å². The fraction of sp³-hybridized carbons (Fsp3) is 0.571. The standard InChI is InChI=1S/C42H62BF2N7O8S/c1-31-26-35(49-37(31)28-39-33(12-11-24-52(3,4)5)27-38(50(39)43(49,44)45)32-13-16-36(57-6)17-14-32)15-18-40(53)47-34(30-61-60-59-56)29-46-21-23-48(2)22-9-7-8-10-25-58-51-41(54)19-20-42(51)55/h13-14,16-17,26-28,34,46H,7-12,15,18-25,29-30H2,1-6H3,(H-,47,53,56)/p+1. The molecular weight excluding hydrogens is 811 g/mol. The lowest BCUT2D eigenvalue weighted by Gasteiger charge is -2.32. The summed E-state index contributed by atoms with van der Waals surface area (Å²) in [6, 6.07) is 8.52. The molecule has 1 aromatic carbocycles. The van der Waals surface area contributed by atoms with E-state index in [4.69, 9.17) is 14.8 Å². The Morgan fingerprint density at radius 1 is 1.03 bits per heavy atom. The van der Waals surface area contributed by atoms with E-state index in [0.717, 1.165) is 88.9 Å². The highest BCUT2D eigenvalue weighted by atomic mass is 32.2.